The Kier molecular flexibility index (Phi) is 10.3. The smallest absolute Gasteiger partial charge is 0.222 e. The summed E-state index contributed by atoms with van der Waals surface area (Å²) in [6.07, 6.45) is -6.16. The molecule has 10 nitrogen and oxygen atoms in total. The van der Waals surface area contributed by atoms with Crippen molar-refractivity contribution in [2.45, 2.75) is 37.1 Å². The third-order valence-electron chi connectivity index (χ3n) is 3.48. The molecular formula is C14H27NO9. The number of hydrogen-bond donors (Lipinski definition) is 5. The van der Waals surface area contributed by atoms with Crippen LogP contribution in [0.1, 0.15) is 6.42 Å². The van der Waals surface area contributed by atoms with Crippen LogP contribution in [0.5, 0.6) is 0 Å². The molecule has 1 aliphatic rings. The minimum Gasteiger partial charge on any atom is -0.394 e. The van der Waals surface area contributed by atoms with E-state index >= 15 is 0 Å². The van der Waals surface area contributed by atoms with Gasteiger partial charge in [-0.15, -0.1) is 0 Å². The van der Waals surface area contributed by atoms with Gasteiger partial charge in [-0.25, -0.2) is 0 Å². The molecule has 1 heterocycles. The average Bonchev–Trinajstić information content (AvgIpc) is 2.59. The van der Waals surface area contributed by atoms with Crippen LogP contribution in [-0.4, -0.2) is 104 Å². The van der Waals surface area contributed by atoms with E-state index in [-0.39, 0.29) is 25.5 Å². The number of carbonyl (C=O) groups is 1. The van der Waals surface area contributed by atoms with Gasteiger partial charge in [0.2, 0.25) is 5.91 Å². The van der Waals surface area contributed by atoms with Crippen LogP contribution in [0.2, 0.25) is 0 Å². The summed E-state index contributed by atoms with van der Waals surface area (Å²) in [4.78, 5) is 10.9. The maximum Gasteiger partial charge on any atom is 0.222 e. The molecular weight excluding hydrogens is 326 g/mol. The molecule has 3 unspecified atom stereocenters. The number of amides is 1. The fourth-order valence-electron chi connectivity index (χ4n) is 2.04. The first-order valence-corrected chi connectivity index (χ1v) is 7.79. The average molecular weight is 353 g/mol. The van der Waals surface area contributed by atoms with Crippen LogP contribution in [0.3, 0.4) is 0 Å². The van der Waals surface area contributed by atoms with Crippen molar-refractivity contribution in [3.8, 4) is 0 Å². The molecule has 10 heteroatoms. The summed E-state index contributed by atoms with van der Waals surface area (Å²) in [5, 5.41) is 40.5. The molecule has 0 aromatic rings. The van der Waals surface area contributed by atoms with Gasteiger partial charge < -0.3 is 44.7 Å². The van der Waals surface area contributed by atoms with Gasteiger partial charge in [0.15, 0.2) is 6.29 Å². The summed E-state index contributed by atoms with van der Waals surface area (Å²) < 4.78 is 20.9. The van der Waals surface area contributed by atoms with Gasteiger partial charge in [0.1, 0.15) is 24.4 Å². The molecule has 0 saturated carbocycles. The molecule has 0 spiro atoms. The molecule has 142 valence electrons. The van der Waals surface area contributed by atoms with Crippen molar-refractivity contribution in [2.75, 3.05) is 46.7 Å². The highest BCUT2D eigenvalue weighted by Gasteiger charge is 2.43. The van der Waals surface area contributed by atoms with Gasteiger partial charge in [-0.1, -0.05) is 0 Å². The molecule has 0 aliphatic carbocycles. The number of nitrogens with one attached hydrogen (secondary N) is 1. The lowest BCUT2D eigenvalue weighted by Crippen LogP contribution is -2.59. The summed E-state index contributed by atoms with van der Waals surface area (Å²) in [7, 11) is 1.56. The minimum absolute atomic E-state index is 0.0843. The van der Waals surface area contributed by atoms with Crippen molar-refractivity contribution in [3.05, 3.63) is 0 Å². The largest absolute Gasteiger partial charge is 0.394 e. The van der Waals surface area contributed by atoms with E-state index in [1.807, 2.05) is 0 Å². The van der Waals surface area contributed by atoms with Crippen molar-refractivity contribution in [2.24, 2.45) is 0 Å². The second-order valence-corrected chi connectivity index (χ2v) is 5.22. The number of hydrogen-bond acceptors (Lipinski definition) is 9. The van der Waals surface area contributed by atoms with Crippen LogP contribution in [-0.2, 0) is 23.7 Å². The summed E-state index contributed by atoms with van der Waals surface area (Å²) in [6, 6.07) is 0. The standard InChI is InChI=1S/C14H27NO9/c1-15-10(17)2-3-21-4-5-22-6-7-23-14-13(20)12(19)11(18)9(8-16)24-14/h9,11-14,16,18-20H,2-8H2,1H3,(H,15,17)/t9?,11?,12-,13?,14-/m1/s1. The zero-order valence-corrected chi connectivity index (χ0v) is 13.7. The molecule has 0 radical (unpaired) electrons. The van der Waals surface area contributed by atoms with Crippen molar-refractivity contribution in [1.82, 2.24) is 5.32 Å². The van der Waals surface area contributed by atoms with Crippen LogP contribution < -0.4 is 5.32 Å². The molecule has 1 aliphatic heterocycles. The Labute approximate surface area is 140 Å². The molecule has 5 atom stereocenters. The first kappa shape index (κ1) is 21.2. The zero-order chi connectivity index (χ0) is 17.9. The number of ether oxygens (including phenoxy) is 4. The Morgan fingerprint density at radius 3 is 2.25 bits per heavy atom. The fourth-order valence-corrected chi connectivity index (χ4v) is 2.04. The third kappa shape index (κ3) is 6.95. The Hall–Kier alpha value is -0.850. The van der Waals surface area contributed by atoms with E-state index in [4.69, 9.17) is 24.1 Å². The summed E-state index contributed by atoms with van der Waals surface area (Å²) >= 11 is 0. The molecule has 5 N–H and O–H groups in total. The Balaban J connectivity index is 2.07. The minimum atomic E-state index is -1.46. The lowest BCUT2D eigenvalue weighted by atomic mass is 9.99. The van der Waals surface area contributed by atoms with Crippen LogP contribution in [0.4, 0.5) is 0 Å². The second kappa shape index (κ2) is 11.7. The van der Waals surface area contributed by atoms with E-state index in [1.165, 1.54) is 0 Å². The Morgan fingerprint density at radius 1 is 1.00 bits per heavy atom. The molecule has 1 rings (SSSR count). The van der Waals surface area contributed by atoms with E-state index in [0.717, 1.165) is 0 Å². The highest BCUT2D eigenvalue weighted by Crippen LogP contribution is 2.21. The predicted octanol–water partition coefficient (Wildman–Crippen LogP) is -3.03. The zero-order valence-electron chi connectivity index (χ0n) is 13.7. The topological polar surface area (TPSA) is 147 Å². The molecule has 24 heavy (non-hydrogen) atoms. The maximum atomic E-state index is 10.9. The maximum absolute atomic E-state index is 10.9. The number of aliphatic hydroxyl groups is 4. The van der Waals surface area contributed by atoms with Crippen LogP contribution in [0, 0.1) is 0 Å². The van der Waals surface area contributed by atoms with Gasteiger partial charge >= 0.3 is 0 Å². The summed E-state index contributed by atoms with van der Waals surface area (Å²) in [6.45, 7) is 0.733. The van der Waals surface area contributed by atoms with Gasteiger partial charge in [-0.2, -0.15) is 0 Å². The lowest BCUT2D eigenvalue weighted by Gasteiger charge is -2.39. The van der Waals surface area contributed by atoms with Gasteiger partial charge in [0.05, 0.1) is 39.6 Å². The molecule has 1 fully saturated rings. The first-order valence-electron chi connectivity index (χ1n) is 7.79. The second-order valence-electron chi connectivity index (χ2n) is 5.22. The Bertz CT molecular complexity index is 355. The number of rotatable bonds is 11. The number of carbonyl (C=O) groups excluding carboxylic acids is 1. The van der Waals surface area contributed by atoms with Gasteiger partial charge in [-0.05, 0) is 0 Å². The van der Waals surface area contributed by atoms with Gasteiger partial charge in [0.25, 0.3) is 0 Å². The van der Waals surface area contributed by atoms with E-state index in [2.05, 4.69) is 5.32 Å². The summed E-state index contributed by atoms with van der Waals surface area (Å²) in [5.74, 6) is -0.0937. The van der Waals surface area contributed by atoms with E-state index in [0.29, 0.717) is 19.8 Å². The molecule has 0 aromatic heterocycles. The van der Waals surface area contributed by atoms with E-state index in [1.54, 1.807) is 7.05 Å². The quantitative estimate of drug-likeness (QED) is 0.245. The fraction of sp³-hybridized carbons (Fsp3) is 0.929. The van der Waals surface area contributed by atoms with Crippen LogP contribution in [0.15, 0.2) is 0 Å². The van der Waals surface area contributed by atoms with Crippen molar-refractivity contribution in [3.63, 3.8) is 0 Å². The Morgan fingerprint density at radius 2 is 1.62 bits per heavy atom. The number of aliphatic hydroxyl groups excluding tert-OH is 4. The van der Waals surface area contributed by atoms with Crippen LogP contribution in [0.25, 0.3) is 0 Å². The van der Waals surface area contributed by atoms with E-state index in [9.17, 15) is 20.1 Å². The highest BCUT2D eigenvalue weighted by atomic mass is 16.7. The normalized spacial score (nSPS) is 30.3. The molecule has 0 aromatic carbocycles. The predicted molar refractivity (Wildman–Crippen MR) is 80.0 cm³/mol. The lowest BCUT2D eigenvalue weighted by molar-refractivity contribution is -0.302. The first-order chi connectivity index (χ1) is 11.5. The van der Waals surface area contributed by atoms with Crippen LogP contribution >= 0.6 is 0 Å². The van der Waals surface area contributed by atoms with Crippen molar-refractivity contribution in [1.29, 1.82) is 0 Å². The van der Waals surface area contributed by atoms with Crippen molar-refractivity contribution < 1.29 is 44.2 Å². The molecule has 0 bridgehead atoms. The SMILES string of the molecule is CNC(=O)CCOCCOCCO[C@@H]1OC(CO)C(O)[C@@H](O)C1O. The molecule has 1 saturated heterocycles. The van der Waals surface area contributed by atoms with Gasteiger partial charge in [0, 0.05) is 13.5 Å². The summed E-state index contributed by atoms with van der Waals surface area (Å²) in [5.41, 5.74) is 0. The monoisotopic (exact) mass is 353 g/mol. The van der Waals surface area contributed by atoms with Gasteiger partial charge in [-0.3, -0.25) is 4.79 Å². The van der Waals surface area contributed by atoms with Crippen molar-refractivity contribution >= 4 is 5.91 Å². The third-order valence-corrected chi connectivity index (χ3v) is 3.48. The highest BCUT2D eigenvalue weighted by molar-refractivity contribution is 5.75. The molecule has 1 amide bonds. The van der Waals surface area contributed by atoms with E-state index < -0.39 is 37.3 Å².